The molecule has 0 saturated carbocycles. The standard InChI is InChI=1S/C17H20ClN5O4/c1-3-13(7-12-5-4-6-19-10-12)11(2)20-21-17-15(18)8-14(22(24)25)9-16(17)23(26)27/h4-6,8-11,13,20-21H,3,7H2,1-2H3/t11?,13-/m0/s1. The van der Waals surface area contributed by atoms with Crippen LogP contribution >= 0.6 is 11.6 Å². The van der Waals surface area contributed by atoms with Crippen LogP contribution in [0, 0.1) is 26.1 Å². The van der Waals surface area contributed by atoms with Gasteiger partial charge >= 0.3 is 5.69 Å². The van der Waals surface area contributed by atoms with Gasteiger partial charge in [0.25, 0.3) is 5.69 Å². The van der Waals surface area contributed by atoms with E-state index in [0.29, 0.717) is 0 Å². The minimum Gasteiger partial charge on any atom is -0.314 e. The number of nitrogens with one attached hydrogen (secondary N) is 2. The second-order valence-corrected chi connectivity index (χ2v) is 6.53. The fraction of sp³-hybridized carbons (Fsp3) is 0.353. The van der Waals surface area contributed by atoms with Crippen molar-refractivity contribution in [3.8, 4) is 0 Å². The summed E-state index contributed by atoms with van der Waals surface area (Å²) < 4.78 is 0. The first-order chi connectivity index (χ1) is 12.8. The van der Waals surface area contributed by atoms with Crippen molar-refractivity contribution in [2.45, 2.75) is 32.7 Å². The Kier molecular flexibility index (Phi) is 7.03. The van der Waals surface area contributed by atoms with Crippen molar-refractivity contribution in [2.24, 2.45) is 5.92 Å². The van der Waals surface area contributed by atoms with Crippen LogP contribution in [0.3, 0.4) is 0 Å². The van der Waals surface area contributed by atoms with Crippen LogP contribution in [0.15, 0.2) is 36.7 Å². The molecule has 2 aromatic rings. The van der Waals surface area contributed by atoms with Gasteiger partial charge in [0.05, 0.1) is 20.9 Å². The van der Waals surface area contributed by atoms with Crippen LogP contribution in [0.1, 0.15) is 25.8 Å². The Balaban J connectivity index is 2.14. The molecule has 1 heterocycles. The normalized spacial score (nSPS) is 13.0. The third-order valence-electron chi connectivity index (χ3n) is 4.34. The molecule has 0 amide bonds. The molecule has 1 aromatic heterocycles. The van der Waals surface area contributed by atoms with E-state index in [1.807, 2.05) is 19.1 Å². The third kappa shape index (κ3) is 5.35. The molecule has 0 bridgehead atoms. The van der Waals surface area contributed by atoms with Crippen molar-refractivity contribution < 1.29 is 9.85 Å². The first-order valence-corrected chi connectivity index (χ1v) is 8.74. The smallest absolute Gasteiger partial charge is 0.302 e. The topological polar surface area (TPSA) is 123 Å². The van der Waals surface area contributed by atoms with Crippen molar-refractivity contribution in [1.29, 1.82) is 0 Å². The molecule has 0 aliphatic heterocycles. The number of rotatable bonds is 9. The summed E-state index contributed by atoms with van der Waals surface area (Å²) in [5.74, 6) is 0.234. The van der Waals surface area contributed by atoms with Gasteiger partial charge in [0.1, 0.15) is 5.69 Å². The summed E-state index contributed by atoms with van der Waals surface area (Å²) in [5.41, 5.74) is 5.98. The zero-order valence-corrected chi connectivity index (χ0v) is 15.6. The van der Waals surface area contributed by atoms with E-state index in [-0.39, 0.29) is 22.7 Å². The minimum atomic E-state index is -0.722. The highest BCUT2D eigenvalue weighted by molar-refractivity contribution is 6.34. The molecule has 2 N–H and O–H groups in total. The molecule has 0 spiro atoms. The maximum absolute atomic E-state index is 11.3. The van der Waals surface area contributed by atoms with Gasteiger partial charge in [-0.05, 0) is 30.9 Å². The largest absolute Gasteiger partial charge is 0.314 e. The number of nitro benzene ring substituents is 2. The van der Waals surface area contributed by atoms with Crippen molar-refractivity contribution in [1.82, 2.24) is 10.4 Å². The van der Waals surface area contributed by atoms with Crippen LogP contribution in [0.4, 0.5) is 17.1 Å². The molecule has 0 aliphatic carbocycles. The number of nitrogens with zero attached hydrogens (tertiary/aromatic N) is 3. The van der Waals surface area contributed by atoms with Crippen LogP contribution < -0.4 is 10.9 Å². The first-order valence-electron chi connectivity index (χ1n) is 8.36. The molecule has 2 rings (SSSR count). The Hall–Kier alpha value is -2.78. The average molecular weight is 394 g/mol. The highest BCUT2D eigenvalue weighted by Gasteiger charge is 2.24. The number of nitro groups is 2. The van der Waals surface area contributed by atoms with Gasteiger partial charge in [0.2, 0.25) is 0 Å². The summed E-state index contributed by atoms with van der Waals surface area (Å²) >= 11 is 6.03. The van der Waals surface area contributed by atoms with E-state index in [4.69, 9.17) is 11.6 Å². The van der Waals surface area contributed by atoms with Crippen LogP contribution in [0.2, 0.25) is 5.02 Å². The van der Waals surface area contributed by atoms with Crippen molar-refractivity contribution >= 4 is 28.7 Å². The SMILES string of the molecule is CC[C@@H](Cc1cccnc1)C(C)NNc1c(Cl)cc([N+](=O)[O-])cc1[N+](=O)[O-]. The number of hydrogen-bond donors (Lipinski definition) is 2. The highest BCUT2D eigenvalue weighted by Crippen LogP contribution is 2.36. The predicted octanol–water partition coefficient (Wildman–Crippen LogP) is 4.13. The molecule has 27 heavy (non-hydrogen) atoms. The van der Waals surface area contributed by atoms with E-state index in [1.165, 1.54) is 0 Å². The van der Waals surface area contributed by atoms with Crippen LogP contribution in [0.5, 0.6) is 0 Å². The van der Waals surface area contributed by atoms with Crippen LogP contribution in [-0.4, -0.2) is 20.9 Å². The van der Waals surface area contributed by atoms with E-state index in [0.717, 1.165) is 30.5 Å². The van der Waals surface area contributed by atoms with Crippen molar-refractivity contribution in [3.05, 3.63) is 67.5 Å². The van der Waals surface area contributed by atoms with Crippen LogP contribution in [-0.2, 0) is 6.42 Å². The number of anilines is 1. The molecular formula is C17H20ClN5O4. The van der Waals surface area contributed by atoms with Gasteiger partial charge in [0.15, 0.2) is 0 Å². The molecule has 0 radical (unpaired) electrons. The lowest BCUT2D eigenvalue weighted by Gasteiger charge is -2.25. The lowest BCUT2D eigenvalue weighted by atomic mass is 9.92. The average Bonchev–Trinajstić information content (AvgIpc) is 2.64. The molecule has 1 unspecified atom stereocenters. The van der Waals surface area contributed by atoms with Gasteiger partial charge in [-0.25, -0.2) is 5.43 Å². The number of benzene rings is 1. The Bertz CT molecular complexity index is 818. The van der Waals surface area contributed by atoms with Crippen molar-refractivity contribution in [3.63, 3.8) is 0 Å². The van der Waals surface area contributed by atoms with Gasteiger partial charge in [-0.3, -0.25) is 25.2 Å². The van der Waals surface area contributed by atoms with Crippen LogP contribution in [0.25, 0.3) is 0 Å². The third-order valence-corrected chi connectivity index (χ3v) is 4.64. The minimum absolute atomic E-state index is 0.00431. The molecular weight excluding hydrogens is 374 g/mol. The summed E-state index contributed by atoms with van der Waals surface area (Å²) in [6.07, 6.45) is 5.18. The number of hydrogen-bond acceptors (Lipinski definition) is 7. The van der Waals surface area contributed by atoms with Gasteiger partial charge < -0.3 is 5.43 Å². The fourth-order valence-electron chi connectivity index (χ4n) is 2.75. The quantitative estimate of drug-likeness (QED) is 0.485. The van der Waals surface area contributed by atoms with Gasteiger partial charge in [-0.1, -0.05) is 31.0 Å². The Morgan fingerprint density at radius 3 is 2.56 bits per heavy atom. The Morgan fingerprint density at radius 2 is 2.00 bits per heavy atom. The molecule has 0 saturated heterocycles. The molecule has 144 valence electrons. The van der Waals surface area contributed by atoms with E-state index in [9.17, 15) is 20.2 Å². The lowest BCUT2D eigenvalue weighted by Crippen LogP contribution is -2.38. The fourth-order valence-corrected chi connectivity index (χ4v) is 3.01. The first kappa shape index (κ1) is 20.5. The van der Waals surface area contributed by atoms with E-state index in [1.54, 1.807) is 12.4 Å². The second-order valence-electron chi connectivity index (χ2n) is 6.13. The maximum Gasteiger partial charge on any atom is 0.302 e. The molecule has 2 atom stereocenters. The highest BCUT2D eigenvalue weighted by atomic mass is 35.5. The molecule has 10 heteroatoms. The number of hydrazine groups is 1. The summed E-state index contributed by atoms with van der Waals surface area (Å²) in [6, 6.07) is 5.77. The predicted molar refractivity (Wildman–Crippen MR) is 103 cm³/mol. The van der Waals surface area contributed by atoms with E-state index < -0.39 is 21.2 Å². The summed E-state index contributed by atoms with van der Waals surface area (Å²) in [4.78, 5) is 24.8. The Labute approximate surface area is 161 Å². The maximum atomic E-state index is 11.3. The van der Waals surface area contributed by atoms with Gasteiger partial charge in [0, 0.05) is 24.5 Å². The molecule has 0 fully saturated rings. The molecule has 9 nitrogen and oxygen atoms in total. The van der Waals surface area contributed by atoms with E-state index >= 15 is 0 Å². The number of halogens is 1. The number of pyridine rings is 1. The van der Waals surface area contributed by atoms with Crippen molar-refractivity contribution in [2.75, 3.05) is 5.43 Å². The summed E-state index contributed by atoms with van der Waals surface area (Å²) in [7, 11) is 0. The summed E-state index contributed by atoms with van der Waals surface area (Å²) in [5, 5.41) is 22.1. The monoisotopic (exact) mass is 393 g/mol. The lowest BCUT2D eigenvalue weighted by molar-refractivity contribution is -0.393. The second kappa shape index (κ2) is 9.24. The summed E-state index contributed by atoms with van der Waals surface area (Å²) in [6.45, 7) is 4.00. The van der Waals surface area contributed by atoms with Gasteiger partial charge in [-0.15, -0.1) is 0 Å². The zero-order chi connectivity index (χ0) is 20.0. The number of non-ortho nitro benzene ring substituents is 1. The molecule has 0 aliphatic rings. The zero-order valence-electron chi connectivity index (χ0n) is 14.9. The number of aromatic nitrogens is 1. The Morgan fingerprint density at radius 1 is 1.26 bits per heavy atom. The molecule has 1 aromatic carbocycles. The van der Waals surface area contributed by atoms with Gasteiger partial charge in [-0.2, -0.15) is 0 Å². The van der Waals surface area contributed by atoms with E-state index in [2.05, 4.69) is 22.8 Å².